The van der Waals surface area contributed by atoms with Crippen molar-refractivity contribution in [2.45, 2.75) is 52.1 Å². The number of carbonyl (C=O) groups is 1. The summed E-state index contributed by atoms with van der Waals surface area (Å²) in [7, 11) is -0.500. The van der Waals surface area contributed by atoms with Crippen molar-refractivity contribution in [1.29, 1.82) is 0 Å². The third-order valence-corrected chi connectivity index (χ3v) is 7.51. The Hall–Kier alpha value is -1.35. The fraction of sp³-hybridized carbons (Fsp3) is 0.500. The molecule has 0 heterocycles. The second-order valence-corrected chi connectivity index (χ2v) is 10.3. The number of unbranched alkanes of at least 4 members (excludes halogenated alkanes) is 4. The quantitative estimate of drug-likeness (QED) is 0.311. The summed E-state index contributed by atoms with van der Waals surface area (Å²) in [6.45, 7) is 6.65. The number of allylic oxidation sites excluding steroid dienone is 1. The standard InChI is InChI=1S/C18H28O2Si/c1-5-6-7-8-12-15-17(18(19)20-2)21(3,4)16-13-10-9-11-14-16/h9-11,13-15H,5-8,12H2,1-4H3/b17-15+. The van der Waals surface area contributed by atoms with Crippen LogP contribution >= 0.6 is 0 Å². The highest BCUT2D eigenvalue weighted by Gasteiger charge is 2.33. The molecule has 0 amide bonds. The molecular weight excluding hydrogens is 276 g/mol. The van der Waals surface area contributed by atoms with Crippen LogP contribution in [0.3, 0.4) is 0 Å². The first-order valence-corrected chi connectivity index (χ1v) is 10.9. The Morgan fingerprint density at radius 3 is 2.38 bits per heavy atom. The van der Waals surface area contributed by atoms with Gasteiger partial charge in [0, 0.05) is 5.20 Å². The zero-order valence-corrected chi connectivity index (χ0v) is 14.8. The van der Waals surface area contributed by atoms with Gasteiger partial charge in [-0.2, -0.15) is 0 Å². The molecule has 0 aliphatic carbocycles. The highest BCUT2D eigenvalue weighted by Crippen LogP contribution is 2.18. The summed E-state index contributed by atoms with van der Waals surface area (Å²) in [4.78, 5) is 12.2. The van der Waals surface area contributed by atoms with Crippen LogP contribution < -0.4 is 5.19 Å². The van der Waals surface area contributed by atoms with Gasteiger partial charge in [0.1, 0.15) is 8.07 Å². The molecule has 0 aliphatic heterocycles. The minimum absolute atomic E-state index is 0.161. The topological polar surface area (TPSA) is 26.3 Å². The van der Waals surface area contributed by atoms with Gasteiger partial charge in [-0.05, 0) is 12.8 Å². The lowest BCUT2D eigenvalue weighted by atomic mass is 10.1. The van der Waals surface area contributed by atoms with Crippen LogP contribution in [-0.2, 0) is 9.53 Å². The predicted molar refractivity (Wildman–Crippen MR) is 92.4 cm³/mol. The lowest BCUT2D eigenvalue weighted by Gasteiger charge is -2.25. The van der Waals surface area contributed by atoms with Crippen LogP contribution in [0.5, 0.6) is 0 Å². The molecule has 0 spiro atoms. The van der Waals surface area contributed by atoms with E-state index in [2.05, 4.69) is 38.2 Å². The summed E-state index contributed by atoms with van der Waals surface area (Å²) in [5, 5.41) is 2.17. The monoisotopic (exact) mass is 304 g/mol. The zero-order chi connectivity index (χ0) is 15.7. The Balaban J connectivity index is 2.91. The summed E-state index contributed by atoms with van der Waals surface area (Å²) in [6.07, 6.45) is 7.97. The molecular formula is C18H28O2Si. The van der Waals surface area contributed by atoms with E-state index in [1.807, 2.05) is 18.2 Å². The largest absolute Gasteiger partial charge is 0.466 e. The molecule has 0 radical (unpaired) electrons. The van der Waals surface area contributed by atoms with Gasteiger partial charge in [-0.15, -0.1) is 0 Å². The van der Waals surface area contributed by atoms with Crippen molar-refractivity contribution in [3.8, 4) is 0 Å². The number of rotatable bonds is 8. The molecule has 0 saturated heterocycles. The van der Waals surface area contributed by atoms with Crippen LogP contribution in [0.4, 0.5) is 0 Å². The van der Waals surface area contributed by atoms with Crippen molar-refractivity contribution in [2.75, 3.05) is 7.11 Å². The Morgan fingerprint density at radius 1 is 1.14 bits per heavy atom. The second kappa shape index (κ2) is 8.83. The van der Waals surface area contributed by atoms with E-state index in [0.717, 1.165) is 18.0 Å². The van der Waals surface area contributed by atoms with Crippen molar-refractivity contribution in [3.05, 3.63) is 41.6 Å². The van der Waals surface area contributed by atoms with Gasteiger partial charge >= 0.3 is 5.97 Å². The van der Waals surface area contributed by atoms with Gasteiger partial charge in [0.2, 0.25) is 0 Å². The second-order valence-electron chi connectivity index (χ2n) is 5.95. The first kappa shape index (κ1) is 17.7. The fourth-order valence-corrected chi connectivity index (χ4v) is 5.14. The number of hydrogen-bond acceptors (Lipinski definition) is 2. The summed E-state index contributed by atoms with van der Waals surface area (Å²) in [6, 6.07) is 10.3. The molecule has 0 unspecified atom stereocenters. The minimum Gasteiger partial charge on any atom is -0.466 e. The van der Waals surface area contributed by atoms with Gasteiger partial charge in [0.25, 0.3) is 0 Å². The van der Waals surface area contributed by atoms with E-state index in [-0.39, 0.29) is 5.97 Å². The van der Waals surface area contributed by atoms with Crippen LogP contribution in [0.2, 0.25) is 13.1 Å². The molecule has 1 rings (SSSR count). The van der Waals surface area contributed by atoms with E-state index in [1.165, 1.54) is 31.6 Å². The van der Waals surface area contributed by atoms with Crippen LogP contribution in [0, 0.1) is 0 Å². The Bertz CT molecular complexity index is 463. The van der Waals surface area contributed by atoms with Crippen molar-refractivity contribution >= 4 is 19.2 Å². The molecule has 21 heavy (non-hydrogen) atoms. The fourth-order valence-electron chi connectivity index (χ4n) is 2.53. The summed E-state index contributed by atoms with van der Waals surface area (Å²) in [5.41, 5.74) is 0. The molecule has 0 aliphatic rings. The first-order chi connectivity index (χ1) is 10.0. The van der Waals surface area contributed by atoms with Crippen LogP contribution in [0.1, 0.15) is 39.0 Å². The normalized spacial score (nSPS) is 12.3. The molecule has 0 aromatic heterocycles. The van der Waals surface area contributed by atoms with Crippen LogP contribution in [-0.4, -0.2) is 21.2 Å². The van der Waals surface area contributed by atoms with Crippen molar-refractivity contribution < 1.29 is 9.53 Å². The number of carbonyl (C=O) groups excluding carboxylic acids is 1. The average molecular weight is 305 g/mol. The van der Waals surface area contributed by atoms with E-state index < -0.39 is 8.07 Å². The lowest BCUT2D eigenvalue weighted by Crippen LogP contribution is -2.46. The zero-order valence-electron chi connectivity index (χ0n) is 13.8. The van der Waals surface area contributed by atoms with E-state index in [0.29, 0.717) is 0 Å². The van der Waals surface area contributed by atoms with Crippen molar-refractivity contribution in [2.24, 2.45) is 0 Å². The maximum atomic E-state index is 12.2. The number of esters is 1. The van der Waals surface area contributed by atoms with Crippen LogP contribution in [0.15, 0.2) is 41.6 Å². The first-order valence-electron chi connectivity index (χ1n) is 7.88. The number of ether oxygens (including phenoxy) is 1. The van der Waals surface area contributed by atoms with Gasteiger partial charge < -0.3 is 4.74 Å². The SMILES string of the molecule is CCCCCC/C=C(\C(=O)OC)[Si](C)(C)c1ccccc1. The molecule has 0 atom stereocenters. The van der Waals surface area contributed by atoms with Gasteiger partial charge in [0.05, 0.1) is 7.11 Å². The molecule has 0 fully saturated rings. The van der Waals surface area contributed by atoms with E-state index in [9.17, 15) is 4.79 Å². The minimum atomic E-state index is -1.97. The predicted octanol–water partition coefficient (Wildman–Crippen LogP) is 4.21. The molecule has 2 nitrogen and oxygen atoms in total. The van der Waals surface area contributed by atoms with E-state index in [1.54, 1.807) is 0 Å². The number of hydrogen-bond donors (Lipinski definition) is 0. The van der Waals surface area contributed by atoms with Gasteiger partial charge in [-0.25, -0.2) is 4.79 Å². The molecule has 1 aromatic rings. The molecule has 0 N–H and O–H groups in total. The van der Waals surface area contributed by atoms with E-state index >= 15 is 0 Å². The van der Waals surface area contributed by atoms with Crippen molar-refractivity contribution in [1.82, 2.24) is 0 Å². The van der Waals surface area contributed by atoms with Crippen LogP contribution in [0.25, 0.3) is 0 Å². The van der Waals surface area contributed by atoms with Gasteiger partial charge in [0.15, 0.2) is 0 Å². The van der Waals surface area contributed by atoms with Gasteiger partial charge in [-0.3, -0.25) is 0 Å². The third-order valence-electron chi connectivity index (χ3n) is 3.98. The maximum absolute atomic E-state index is 12.2. The Labute approximate surface area is 130 Å². The molecule has 0 saturated carbocycles. The third kappa shape index (κ3) is 5.16. The average Bonchev–Trinajstić information content (AvgIpc) is 2.50. The van der Waals surface area contributed by atoms with Gasteiger partial charge in [-0.1, -0.05) is 80.9 Å². The lowest BCUT2D eigenvalue weighted by molar-refractivity contribution is -0.135. The number of methoxy groups -OCH3 is 1. The highest BCUT2D eigenvalue weighted by atomic mass is 28.3. The van der Waals surface area contributed by atoms with Crippen molar-refractivity contribution in [3.63, 3.8) is 0 Å². The Kier molecular flexibility index (Phi) is 7.44. The molecule has 116 valence electrons. The molecule has 1 aromatic carbocycles. The summed E-state index contributed by atoms with van der Waals surface area (Å²) in [5.74, 6) is -0.161. The molecule has 0 bridgehead atoms. The van der Waals surface area contributed by atoms with E-state index in [4.69, 9.17) is 4.74 Å². The Morgan fingerprint density at radius 2 is 1.81 bits per heavy atom. The summed E-state index contributed by atoms with van der Waals surface area (Å²) >= 11 is 0. The number of benzene rings is 1. The maximum Gasteiger partial charge on any atom is 0.329 e. The highest BCUT2D eigenvalue weighted by molar-refractivity contribution is 6.98. The summed E-state index contributed by atoms with van der Waals surface area (Å²) < 4.78 is 5.03. The molecule has 3 heteroatoms. The smallest absolute Gasteiger partial charge is 0.329 e.